The smallest absolute Gasteiger partial charge is 0.256 e. The Morgan fingerprint density at radius 3 is 2.34 bits per heavy atom. The first-order chi connectivity index (χ1) is 14.2. The number of hydrogen-bond donors (Lipinski definition) is 1. The van der Waals surface area contributed by atoms with Crippen molar-refractivity contribution in [2.45, 2.75) is 6.92 Å². The number of rotatable bonds is 3. The molecule has 1 N–H and O–H groups in total. The van der Waals surface area contributed by atoms with E-state index < -0.39 is 0 Å². The van der Waals surface area contributed by atoms with Crippen molar-refractivity contribution in [1.82, 2.24) is 15.0 Å². The van der Waals surface area contributed by atoms with Gasteiger partial charge in [0.1, 0.15) is 11.0 Å². The number of fused-ring (bicyclic) bond motifs is 2. The van der Waals surface area contributed by atoms with Crippen LogP contribution in [0.15, 0.2) is 84.9 Å². The summed E-state index contributed by atoms with van der Waals surface area (Å²) in [5.41, 5.74) is 4.87. The fourth-order valence-corrected chi connectivity index (χ4v) is 3.52. The summed E-state index contributed by atoms with van der Waals surface area (Å²) in [5, 5.41) is 14.1. The maximum Gasteiger partial charge on any atom is 0.256 e. The second kappa shape index (κ2) is 6.87. The van der Waals surface area contributed by atoms with Gasteiger partial charge in [0.05, 0.1) is 5.69 Å². The average Bonchev–Trinajstić information content (AvgIpc) is 3.18. The average molecular weight is 378 g/mol. The van der Waals surface area contributed by atoms with Gasteiger partial charge in [-0.2, -0.15) is 4.80 Å². The quantitative estimate of drug-likeness (QED) is 0.473. The number of amides is 1. The molecule has 0 bridgehead atoms. The van der Waals surface area contributed by atoms with Crippen molar-refractivity contribution in [3.05, 3.63) is 96.1 Å². The van der Waals surface area contributed by atoms with Gasteiger partial charge in [0.25, 0.3) is 5.91 Å². The Balaban J connectivity index is 1.48. The molecule has 0 fully saturated rings. The Morgan fingerprint density at radius 1 is 0.793 bits per heavy atom. The topological polar surface area (TPSA) is 59.8 Å². The molecule has 1 aromatic heterocycles. The van der Waals surface area contributed by atoms with E-state index in [0.29, 0.717) is 11.3 Å². The van der Waals surface area contributed by atoms with E-state index in [9.17, 15) is 4.79 Å². The van der Waals surface area contributed by atoms with Crippen LogP contribution >= 0.6 is 0 Å². The summed E-state index contributed by atoms with van der Waals surface area (Å²) in [4.78, 5) is 14.6. The second-order valence-electron chi connectivity index (χ2n) is 6.96. The molecule has 5 aromatic rings. The number of aromatic nitrogens is 3. The van der Waals surface area contributed by atoms with E-state index in [0.717, 1.165) is 33.1 Å². The van der Waals surface area contributed by atoms with E-state index in [-0.39, 0.29) is 5.91 Å². The summed E-state index contributed by atoms with van der Waals surface area (Å²) in [6.07, 6.45) is 0. The summed E-state index contributed by atoms with van der Waals surface area (Å²) < 4.78 is 0. The zero-order valence-corrected chi connectivity index (χ0v) is 15.8. The summed E-state index contributed by atoms with van der Waals surface area (Å²) in [5.74, 6) is -0.143. The molecule has 5 heteroatoms. The SMILES string of the molecule is Cc1ccc(C(=O)Nc2ccc3nn(-c4ccccc4)nc3c2)c2ccccc12. The van der Waals surface area contributed by atoms with Crippen molar-refractivity contribution in [2.75, 3.05) is 5.32 Å². The highest BCUT2D eigenvalue weighted by Gasteiger charge is 2.12. The highest BCUT2D eigenvalue weighted by atomic mass is 16.1. The minimum atomic E-state index is -0.143. The van der Waals surface area contributed by atoms with Crippen LogP contribution < -0.4 is 5.32 Å². The third-order valence-corrected chi connectivity index (χ3v) is 5.01. The molecule has 5 nitrogen and oxygen atoms in total. The highest BCUT2D eigenvalue weighted by molar-refractivity contribution is 6.13. The zero-order chi connectivity index (χ0) is 19.8. The maximum absolute atomic E-state index is 12.9. The Hall–Kier alpha value is -3.99. The van der Waals surface area contributed by atoms with Crippen LogP contribution in [0.3, 0.4) is 0 Å². The number of carbonyl (C=O) groups excluding carboxylic acids is 1. The lowest BCUT2D eigenvalue weighted by Crippen LogP contribution is -2.12. The van der Waals surface area contributed by atoms with Gasteiger partial charge in [-0.1, -0.05) is 48.5 Å². The van der Waals surface area contributed by atoms with Crippen LogP contribution in [0.25, 0.3) is 27.5 Å². The van der Waals surface area contributed by atoms with Gasteiger partial charge in [-0.3, -0.25) is 4.79 Å². The summed E-state index contributed by atoms with van der Waals surface area (Å²) in [6, 6.07) is 27.1. The summed E-state index contributed by atoms with van der Waals surface area (Å²) >= 11 is 0. The third-order valence-electron chi connectivity index (χ3n) is 5.01. The lowest BCUT2D eigenvalue weighted by Gasteiger charge is -2.10. The standard InChI is InChI=1S/C24H18N4O/c1-16-11-13-21(20-10-6-5-9-19(16)20)24(29)25-17-12-14-22-23(15-17)27-28(26-22)18-7-3-2-4-8-18/h2-15H,1H3,(H,25,29). The molecule has 0 unspecified atom stereocenters. The van der Waals surface area contributed by atoms with Gasteiger partial charge >= 0.3 is 0 Å². The number of para-hydroxylation sites is 1. The molecular weight excluding hydrogens is 360 g/mol. The van der Waals surface area contributed by atoms with Crippen LogP contribution in [0, 0.1) is 6.92 Å². The maximum atomic E-state index is 12.9. The van der Waals surface area contributed by atoms with E-state index in [2.05, 4.69) is 15.5 Å². The fraction of sp³-hybridized carbons (Fsp3) is 0.0417. The Bertz CT molecular complexity index is 1360. The van der Waals surface area contributed by atoms with Crippen molar-refractivity contribution >= 4 is 33.4 Å². The summed E-state index contributed by atoms with van der Waals surface area (Å²) in [7, 11) is 0. The molecule has 0 radical (unpaired) electrons. The van der Waals surface area contributed by atoms with Crippen molar-refractivity contribution in [3.63, 3.8) is 0 Å². The van der Waals surface area contributed by atoms with Crippen LogP contribution in [0.5, 0.6) is 0 Å². The van der Waals surface area contributed by atoms with Crippen molar-refractivity contribution in [3.8, 4) is 5.69 Å². The first-order valence-corrected chi connectivity index (χ1v) is 9.41. The van der Waals surface area contributed by atoms with Crippen molar-refractivity contribution in [2.24, 2.45) is 0 Å². The van der Waals surface area contributed by atoms with Crippen LogP contribution in [0.2, 0.25) is 0 Å². The molecule has 0 saturated heterocycles. The van der Waals surface area contributed by atoms with E-state index in [4.69, 9.17) is 0 Å². The second-order valence-corrected chi connectivity index (χ2v) is 6.96. The van der Waals surface area contributed by atoms with Gasteiger partial charge in [-0.25, -0.2) is 0 Å². The molecule has 0 spiro atoms. The van der Waals surface area contributed by atoms with Crippen LogP contribution in [-0.2, 0) is 0 Å². The van der Waals surface area contributed by atoms with E-state index in [1.165, 1.54) is 0 Å². The molecule has 0 atom stereocenters. The van der Waals surface area contributed by atoms with Gasteiger partial charge in [0, 0.05) is 11.3 Å². The number of benzene rings is 4. The highest BCUT2D eigenvalue weighted by Crippen LogP contribution is 2.24. The minimum Gasteiger partial charge on any atom is -0.322 e. The van der Waals surface area contributed by atoms with Crippen molar-refractivity contribution < 1.29 is 4.79 Å². The van der Waals surface area contributed by atoms with Gasteiger partial charge in [0.2, 0.25) is 0 Å². The number of aryl methyl sites for hydroxylation is 1. The minimum absolute atomic E-state index is 0.143. The van der Waals surface area contributed by atoms with E-state index >= 15 is 0 Å². The predicted octanol–water partition coefficient (Wildman–Crippen LogP) is 5.13. The molecule has 5 rings (SSSR count). The lowest BCUT2D eigenvalue weighted by atomic mass is 10.00. The van der Waals surface area contributed by atoms with Gasteiger partial charge in [-0.05, 0) is 59.7 Å². The first kappa shape index (κ1) is 17.1. The van der Waals surface area contributed by atoms with Gasteiger partial charge in [0.15, 0.2) is 0 Å². The molecule has 29 heavy (non-hydrogen) atoms. The molecular formula is C24H18N4O. The number of nitrogens with one attached hydrogen (secondary N) is 1. The Morgan fingerprint density at radius 2 is 1.52 bits per heavy atom. The lowest BCUT2D eigenvalue weighted by molar-refractivity contribution is 0.102. The monoisotopic (exact) mass is 378 g/mol. The van der Waals surface area contributed by atoms with E-state index in [1.807, 2.05) is 91.9 Å². The number of hydrogen-bond acceptors (Lipinski definition) is 3. The van der Waals surface area contributed by atoms with Gasteiger partial charge in [-0.15, -0.1) is 10.2 Å². The normalized spacial score (nSPS) is 11.1. The Labute approximate surface area is 167 Å². The number of nitrogens with zero attached hydrogens (tertiary/aromatic N) is 3. The van der Waals surface area contributed by atoms with Gasteiger partial charge < -0.3 is 5.32 Å². The third kappa shape index (κ3) is 3.12. The van der Waals surface area contributed by atoms with Crippen molar-refractivity contribution in [1.29, 1.82) is 0 Å². The molecule has 1 heterocycles. The number of carbonyl (C=O) groups is 1. The predicted molar refractivity (Wildman–Crippen MR) is 116 cm³/mol. The molecule has 4 aromatic carbocycles. The van der Waals surface area contributed by atoms with Crippen LogP contribution in [-0.4, -0.2) is 20.9 Å². The summed E-state index contributed by atoms with van der Waals surface area (Å²) in [6.45, 7) is 2.05. The van der Waals surface area contributed by atoms with Crippen LogP contribution in [0.1, 0.15) is 15.9 Å². The molecule has 1 amide bonds. The molecule has 0 aliphatic heterocycles. The van der Waals surface area contributed by atoms with E-state index in [1.54, 1.807) is 4.80 Å². The molecule has 0 saturated carbocycles. The zero-order valence-electron chi connectivity index (χ0n) is 15.8. The molecule has 0 aliphatic carbocycles. The molecule has 0 aliphatic rings. The van der Waals surface area contributed by atoms with Crippen LogP contribution in [0.4, 0.5) is 5.69 Å². The number of anilines is 1. The molecule has 140 valence electrons. The first-order valence-electron chi connectivity index (χ1n) is 9.41. The fourth-order valence-electron chi connectivity index (χ4n) is 3.52. The Kier molecular flexibility index (Phi) is 4.06. The largest absolute Gasteiger partial charge is 0.322 e.